The van der Waals surface area contributed by atoms with Gasteiger partial charge < -0.3 is 19.9 Å². The summed E-state index contributed by atoms with van der Waals surface area (Å²) in [6, 6.07) is 8.08. The van der Waals surface area contributed by atoms with Crippen molar-refractivity contribution >= 4 is 46.0 Å². The largest absolute Gasteiger partial charge is 0.506 e. The zero-order valence-corrected chi connectivity index (χ0v) is 17.3. The Morgan fingerprint density at radius 2 is 1.83 bits per heavy atom. The molecule has 0 radical (unpaired) electrons. The minimum atomic E-state index is -1.21. The van der Waals surface area contributed by atoms with Crippen LogP contribution < -0.4 is 10.9 Å². The smallest absolute Gasteiger partial charge is 0.340 e. The van der Waals surface area contributed by atoms with Gasteiger partial charge in [-0.3, -0.25) is 4.79 Å². The number of hydrogen-bond acceptors (Lipinski definition) is 5. The van der Waals surface area contributed by atoms with E-state index in [0.29, 0.717) is 21.5 Å². The van der Waals surface area contributed by atoms with E-state index in [0.717, 1.165) is 0 Å². The summed E-state index contributed by atoms with van der Waals surface area (Å²) < 4.78 is 5.19. The number of carbonyl (C=O) groups excluding carboxylic acids is 1. The van der Waals surface area contributed by atoms with E-state index in [9.17, 15) is 24.6 Å². The van der Waals surface area contributed by atoms with Crippen molar-refractivity contribution in [2.24, 2.45) is 0 Å². The molecule has 7 nitrogen and oxygen atoms in total. The lowest BCUT2D eigenvalue weighted by Gasteiger charge is -2.15. The molecule has 9 heteroatoms. The fourth-order valence-electron chi connectivity index (χ4n) is 3.06. The van der Waals surface area contributed by atoms with Crippen molar-refractivity contribution in [2.45, 2.75) is 25.8 Å². The number of nitrogens with one attached hydrogen (secondary N) is 1. The Morgan fingerprint density at radius 1 is 1.17 bits per heavy atom. The first-order valence-corrected chi connectivity index (χ1v) is 9.62. The van der Waals surface area contributed by atoms with Crippen LogP contribution in [0.1, 0.15) is 16.7 Å². The Balaban J connectivity index is 1.82. The average Bonchev–Trinajstić information content (AvgIpc) is 2.68. The van der Waals surface area contributed by atoms with Gasteiger partial charge in [-0.15, -0.1) is 0 Å². The molecule has 0 fully saturated rings. The second-order valence-corrected chi connectivity index (χ2v) is 7.60. The van der Waals surface area contributed by atoms with Crippen molar-refractivity contribution in [1.82, 2.24) is 5.32 Å². The number of benzene rings is 2. The summed E-state index contributed by atoms with van der Waals surface area (Å²) in [4.78, 5) is 36.4. The Morgan fingerprint density at radius 3 is 2.47 bits per heavy atom. The van der Waals surface area contributed by atoms with Gasteiger partial charge in [0.1, 0.15) is 17.4 Å². The van der Waals surface area contributed by atoms with Crippen molar-refractivity contribution < 1.29 is 24.2 Å². The van der Waals surface area contributed by atoms with Gasteiger partial charge in [0.05, 0.1) is 17.0 Å². The molecule has 2 aromatic carbocycles. The number of halogens is 2. The first-order chi connectivity index (χ1) is 14.2. The number of carboxylic acids is 1. The van der Waals surface area contributed by atoms with Crippen molar-refractivity contribution in [1.29, 1.82) is 0 Å². The molecular formula is C21H17Cl2NO6. The average molecular weight is 450 g/mol. The summed E-state index contributed by atoms with van der Waals surface area (Å²) in [5, 5.41) is 22.6. The van der Waals surface area contributed by atoms with E-state index in [4.69, 9.17) is 27.6 Å². The summed E-state index contributed by atoms with van der Waals surface area (Å²) in [6.07, 6.45) is -0.314. The molecule has 156 valence electrons. The highest BCUT2D eigenvalue weighted by Crippen LogP contribution is 2.30. The summed E-state index contributed by atoms with van der Waals surface area (Å²) in [6.45, 7) is 1.62. The molecule has 3 aromatic rings. The summed E-state index contributed by atoms with van der Waals surface area (Å²) >= 11 is 11.8. The fourth-order valence-corrected chi connectivity index (χ4v) is 3.35. The third kappa shape index (κ3) is 4.75. The van der Waals surface area contributed by atoms with Crippen LogP contribution in [0.25, 0.3) is 11.0 Å². The number of phenols is 1. The molecule has 1 atom stereocenters. The van der Waals surface area contributed by atoms with Gasteiger partial charge in [-0.05, 0) is 36.2 Å². The minimum Gasteiger partial charge on any atom is -0.506 e. The van der Waals surface area contributed by atoms with Gasteiger partial charge in [0, 0.05) is 22.9 Å². The molecule has 3 rings (SSSR count). The van der Waals surface area contributed by atoms with Gasteiger partial charge in [-0.2, -0.15) is 0 Å². The number of aryl methyl sites for hydroxylation is 1. The van der Waals surface area contributed by atoms with Gasteiger partial charge in [-0.1, -0.05) is 35.3 Å². The van der Waals surface area contributed by atoms with E-state index in [1.165, 1.54) is 12.1 Å². The number of carbonyl (C=O) groups is 2. The van der Waals surface area contributed by atoms with Crippen molar-refractivity contribution in [2.75, 3.05) is 0 Å². The molecule has 0 aliphatic carbocycles. The Bertz CT molecular complexity index is 1190. The quantitative estimate of drug-likeness (QED) is 0.496. The third-order valence-electron chi connectivity index (χ3n) is 4.68. The molecule has 0 bridgehead atoms. The summed E-state index contributed by atoms with van der Waals surface area (Å²) in [7, 11) is 0. The number of carboxylic acid groups (broad SMARTS) is 1. The first-order valence-electron chi connectivity index (χ1n) is 8.87. The first kappa shape index (κ1) is 21.7. The van der Waals surface area contributed by atoms with Gasteiger partial charge in [0.15, 0.2) is 0 Å². The van der Waals surface area contributed by atoms with E-state index in [-0.39, 0.29) is 34.8 Å². The van der Waals surface area contributed by atoms with Crippen LogP contribution in [0.5, 0.6) is 5.75 Å². The van der Waals surface area contributed by atoms with Gasteiger partial charge in [0.2, 0.25) is 5.91 Å². The van der Waals surface area contributed by atoms with Gasteiger partial charge in [0.25, 0.3) is 0 Å². The zero-order valence-electron chi connectivity index (χ0n) is 15.7. The molecule has 0 unspecified atom stereocenters. The highest BCUT2D eigenvalue weighted by molar-refractivity contribution is 6.32. The van der Waals surface area contributed by atoms with Crippen LogP contribution in [-0.4, -0.2) is 28.1 Å². The van der Waals surface area contributed by atoms with Gasteiger partial charge in [-0.25, -0.2) is 9.59 Å². The van der Waals surface area contributed by atoms with Crippen LogP contribution >= 0.6 is 23.2 Å². The zero-order chi connectivity index (χ0) is 22.0. The van der Waals surface area contributed by atoms with Gasteiger partial charge >= 0.3 is 11.6 Å². The normalized spacial score (nSPS) is 12.0. The molecule has 1 aromatic heterocycles. The van der Waals surface area contributed by atoms with E-state index in [1.54, 1.807) is 31.2 Å². The van der Waals surface area contributed by atoms with E-state index in [1.807, 2.05) is 0 Å². The topological polar surface area (TPSA) is 117 Å². The summed E-state index contributed by atoms with van der Waals surface area (Å²) in [5.41, 5.74) is 0.611. The van der Waals surface area contributed by atoms with Crippen LogP contribution in [0.2, 0.25) is 10.0 Å². The van der Waals surface area contributed by atoms with Crippen molar-refractivity contribution in [3.05, 3.63) is 73.6 Å². The Hall–Kier alpha value is -3.03. The predicted octanol–water partition coefficient (Wildman–Crippen LogP) is 3.47. The lowest BCUT2D eigenvalue weighted by atomic mass is 10.0. The number of rotatable bonds is 6. The minimum absolute atomic E-state index is 0.0540. The molecule has 0 saturated carbocycles. The van der Waals surface area contributed by atoms with Crippen molar-refractivity contribution in [3.63, 3.8) is 0 Å². The number of fused-ring (bicyclic) bond motifs is 1. The second kappa shape index (κ2) is 8.77. The maximum Gasteiger partial charge on any atom is 0.340 e. The predicted molar refractivity (Wildman–Crippen MR) is 112 cm³/mol. The SMILES string of the molecule is Cc1c(CC(=O)N[C@@H](Cc2ccc(Cl)cc2)C(=O)O)c(=O)oc2cc(O)c(Cl)cc12. The number of phenolic OH excluding ortho intramolecular Hbond substituents is 1. The van der Waals surface area contributed by atoms with Crippen LogP contribution in [-0.2, 0) is 22.4 Å². The lowest BCUT2D eigenvalue weighted by Crippen LogP contribution is -2.43. The second-order valence-electron chi connectivity index (χ2n) is 6.76. The van der Waals surface area contributed by atoms with E-state index >= 15 is 0 Å². The molecule has 0 spiro atoms. The Labute approximate surface area is 180 Å². The van der Waals surface area contributed by atoms with Crippen LogP contribution in [0.3, 0.4) is 0 Å². The van der Waals surface area contributed by atoms with E-state index in [2.05, 4.69) is 5.32 Å². The molecule has 30 heavy (non-hydrogen) atoms. The molecule has 0 aliphatic heterocycles. The summed E-state index contributed by atoms with van der Waals surface area (Å²) in [5.74, 6) is -2.08. The molecule has 1 heterocycles. The third-order valence-corrected chi connectivity index (χ3v) is 5.23. The monoisotopic (exact) mass is 449 g/mol. The highest BCUT2D eigenvalue weighted by Gasteiger charge is 2.23. The van der Waals surface area contributed by atoms with Crippen LogP contribution in [0.15, 0.2) is 45.6 Å². The lowest BCUT2D eigenvalue weighted by molar-refractivity contribution is -0.141. The molecule has 0 aliphatic rings. The molecular weight excluding hydrogens is 433 g/mol. The van der Waals surface area contributed by atoms with Crippen LogP contribution in [0, 0.1) is 6.92 Å². The van der Waals surface area contributed by atoms with Crippen LogP contribution in [0.4, 0.5) is 0 Å². The number of hydrogen-bond donors (Lipinski definition) is 3. The number of amides is 1. The fraction of sp³-hybridized carbons (Fsp3) is 0.190. The molecule has 0 saturated heterocycles. The molecule has 1 amide bonds. The maximum atomic E-state index is 12.5. The number of aromatic hydroxyl groups is 1. The van der Waals surface area contributed by atoms with Crippen molar-refractivity contribution in [3.8, 4) is 5.75 Å². The molecule has 3 N–H and O–H groups in total. The standard InChI is InChI=1S/C21H17Cl2NO6/c1-10-13-7-15(23)17(25)9-18(13)30-21(29)14(10)8-19(26)24-16(20(27)28)6-11-2-4-12(22)5-3-11/h2-5,7,9,16,25H,6,8H2,1H3,(H,24,26)(H,27,28)/t16-/m0/s1. The maximum absolute atomic E-state index is 12.5. The Kier molecular flexibility index (Phi) is 6.34. The highest BCUT2D eigenvalue weighted by atomic mass is 35.5. The van der Waals surface area contributed by atoms with E-state index < -0.39 is 23.5 Å². The number of aliphatic carboxylic acids is 1.